The van der Waals surface area contributed by atoms with Gasteiger partial charge >= 0.3 is 0 Å². The number of halogens is 1. The molecule has 3 aromatic carbocycles. The molecule has 0 saturated carbocycles. The van der Waals surface area contributed by atoms with E-state index >= 15 is 0 Å². The van der Waals surface area contributed by atoms with Crippen LogP contribution in [0, 0.1) is 20.8 Å². The first-order valence-electron chi connectivity index (χ1n) is 11.3. The minimum Gasteiger partial charge on any atom is -0.483 e. The number of nitrogens with one attached hydrogen (secondary N) is 1. The van der Waals surface area contributed by atoms with Crippen LogP contribution in [0.5, 0.6) is 5.75 Å². The molecule has 0 aromatic heterocycles. The Bertz CT molecular complexity index is 1370. The maximum atomic E-state index is 13.0. The molecule has 6 nitrogen and oxygen atoms in total. The Morgan fingerprint density at radius 1 is 1.00 bits per heavy atom. The van der Waals surface area contributed by atoms with Gasteiger partial charge < -0.3 is 10.1 Å². The lowest BCUT2D eigenvalue weighted by Crippen LogP contribution is -2.27. The Kier molecular flexibility index (Phi) is 7.96. The fraction of sp³-hybridized carbons (Fsp3) is 0.179. The number of benzene rings is 3. The zero-order valence-corrected chi connectivity index (χ0v) is 22.5. The molecule has 0 radical (unpaired) electrons. The first-order chi connectivity index (χ1) is 17.2. The quantitative estimate of drug-likeness (QED) is 0.326. The summed E-state index contributed by atoms with van der Waals surface area (Å²) in [5.74, 6) is -0.222. The van der Waals surface area contributed by atoms with Crippen molar-refractivity contribution >= 4 is 56.5 Å². The number of amides is 3. The molecular formula is C28H25BrN2O4S. The maximum Gasteiger partial charge on any atom is 0.293 e. The van der Waals surface area contributed by atoms with Gasteiger partial charge in [0.1, 0.15) is 5.75 Å². The molecule has 4 rings (SSSR count). The highest BCUT2D eigenvalue weighted by Crippen LogP contribution is 2.35. The van der Waals surface area contributed by atoms with Crippen molar-refractivity contribution in [2.45, 2.75) is 27.3 Å². The van der Waals surface area contributed by atoms with Crippen LogP contribution in [0.25, 0.3) is 6.08 Å². The van der Waals surface area contributed by atoms with Crippen LogP contribution in [0.3, 0.4) is 0 Å². The number of thioether (sulfide) groups is 1. The van der Waals surface area contributed by atoms with Crippen LogP contribution < -0.4 is 10.1 Å². The van der Waals surface area contributed by atoms with E-state index in [4.69, 9.17) is 4.74 Å². The number of hydrogen-bond donors (Lipinski definition) is 1. The van der Waals surface area contributed by atoms with Gasteiger partial charge in [-0.25, -0.2) is 0 Å². The van der Waals surface area contributed by atoms with Crippen LogP contribution in [0.4, 0.5) is 10.5 Å². The number of aryl methyl sites for hydroxylation is 3. The van der Waals surface area contributed by atoms with E-state index in [1.165, 1.54) is 4.90 Å². The molecule has 0 bridgehead atoms. The van der Waals surface area contributed by atoms with E-state index in [0.29, 0.717) is 16.2 Å². The molecule has 3 amide bonds. The molecule has 0 aliphatic carbocycles. The van der Waals surface area contributed by atoms with Gasteiger partial charge in [-0.15, -0.1) is 0 Å². The Balaban J connectivity index is 1.48. The molecule has 8 heteroatoms. The molecule has 0 spiro atoms. The van der Waals surface area contributed by atoms with Gasteiger partial charge in [-0.05, 0) is 79.6 Å². The number of ether oxygens (including phenoxy) is 1. The normalized spacial score (nSPS) is 14.4. The van der Waals surface area contributed by atoms with Crippen LogP contribution in [-0.4, -0.2) is 28.6 Å². The minimum atomic E-state index is -0.357. The van der Waals surface area contributed by atoms with Gasteiger partial charge in [0.25, 0.3) is 17.1 Å². The lowest BCUT2D eigenvalue weighted by molar-refractivity contribution is -0.123. The largest absolute Gasteiger partial charge is 0.483 e. The first kappa shape index (κ1) is 25.7. The third-order valence-electron chi connectivity index (χ3n) is 5.62. The number of rotatable bonds is 7. The van der Waals surface area contributed by atoms with Crippen molar-refractivity contribution < 1.29 is 19.1 Å². The fourth-order valence-electron chi connectivity index (χ4n) is 3.62. The van der Waals surface area contributed by atoms with Gasteiger partial charge in [0, 0.05) is 15.7 Å². The molecular weight excluding hydrogens is 540 g/mol. The van der Waals surface area contributed by atoms with E-state index in [9.17, 15) is 14.4 Å². The molecule has 1 heterocycles. The second kappa shape index (κ2) is 11.1. The summed E-state index contributed by atoms with van der Waals surface area (Å²) in [5, 5.41) is 2.55. The van der Waals surface area contributed by atoms with Gasteiger partial charge in [0.15, 0.2) is 6.61 Å². The fourth-order valence-corrected chi connectivity index (χ4v) is 4.83. The van der Waals surface area contributed by atoms with Crippen molar-refractivity contribution in [3.05, 3.63) is 97.9 Å². The summed E-state index contributed by atoms with van der Waals surface area (Å²) in [7, 11) is 0. The van der Waals surface area contributed by atoms with Gasteiger partial charge in [0.05, 0.1) is 11.4 Å². The molecule has 36 heavy (non-hydrogen) atoms. The molecule has 184 valence electrons. The third-order valence-corrected chi connectivity index (χ3v) is 7.02. The van der Waals surface area contributed by atoms with Gasteiger partial charge in [-0.3, -0.25) is 19.3 Å². The second-order valence-electron chi connectivity index (χ2n) is 8.59. The van der Waals surface area contributed by atoms with Crippen LogP contribution in [0.15, 0.2) is 70.0 Å². The molecule has 0 atom stereocenters. The standard InChI is InChI=1S/C28H25BrN2O4S/c1-17-5-8-20(9-6-17)15-31-27(33)25(36-28(31)34)14-21-13-22(29)10-11-24(21)35-16-26(32)30-23-12-18(2)4-7-19(23)3/h4-14H,15-16H2,1-3H3,(H,30,32)/b25-14-. The molecule has 1 fully saturated rings. The smallest absolute Gasteiger partial charge is 0.293 e. The monoisotopic (exact) mass is 564 g/mol. The number of carbonyl (C=O) groups is 3. The Morgan fingerprint density at radius 2 is 1.72 bits per heavy atom. The Labute approximate surface area is 222 Å². The number of imide groups is 1. The molecule has 1 N–H and O–H groups in total. The van der Waals surface area contributed by atoms with Gasteiger partial charge in [0.2, 0.25) is 0 Å². The van der Waals surface area contributed by atoms with Gasteiger partial charge in [-0.2, -0.15) is 0 Å². The zero-order chi connectivity index (χ0) is 25.8. The highest BCUT2D eigenvalue weighted by Gasteiger charge is 2.35. The van der Waals surface area contributed by atoms with Crippen LogP contribution in [0.1, 0.15) is 27.8 Å². The summed E-state index contributed by atoms with van der Waals surface area (Å²) in [5.41, 5.74) is 5.32. The van der Waals surface area contributed by atoms with Crippen molar-refractivity contribution in [2.24, 2.45) is 0 Å². The second-order valence-corrected chi connectivity index (χ2v) is 10.5. The van der Waals surface area contributed by atoms with Crippen molar-refractivity contribution in [3.8, 4) is 5.75 Å². The number of nitrogens with zero attached hydrogens (tertiary/aromatic N) is 1. The highest BCUT2D eigenvalue weighted by molar-refractivity contribution is 9.10. The number of carbonyl (C=O) groups excluding carboxylic acids is 3. The Morgan fingerprint density at radius 3 is 2.47 bits per heavy atom. The first-order valence-corrected chi connectivity index (χ1v) is 12.9. The molecule has 1 saturated heterocycles. The average molecular weight is 565 g/mol. The summed E-state index contributed by atoms with van der Waals surface area (Å²) in [6.07, 6.45) is 1.63. The summed E-state index contributed by atoms with van der Waals surface area (Å²) < 4.78 is 6.58. The predicted octanol–water partition coefficient (Wildman–Crippen LogP) is 6.63. The summed E-state index contributed by atoms with van der Waals surface area (Å²) >= 11 is 4.33. The maximum absolute atomic E-state index is 13.0. The Hall–Kier alpha value is -3.36. The van der Waals surface area contributed by atoms with Crippen molar-refractivity contribution in [3.63, 3.8) is 0 Å². The van der Waals surface area contributed by atoms with Gasteiger partial charge in [-0.1, -0.05) is 57.9 Å². The zero-order valence-electron chi connectivity index (χ0n) is 20.1. The van der Waals surface area contributed by atoms with E-state index in [-0.39, 0.29) is 30.2 Å². The van der Waals surface area contributed by atoms with Crippen LogP contribution in [0.2, 0.25) is 0 Å². The minimum absolute atomic E-state index is 0.204. The van der Waals surface area contributed by atoms with E-state index in [2.05, 4.69) is 21.2 Å². The lowest BCUT2D eigenvalue weighted by Gasteiger charge is -2.13. The van der Waals surface area contributed by atoms with E-state index in [0.717, 1.165) is 44.2 Å². The van der Waals surface area contributed by atoms with Crippen molar-refractivity contribution in [2.75, 3.05) is 11.9 Å². The molecule has 0 unspecified atom stereocenters. The van der Waals surface area contributed by atoms with Crippen molar-refractivity contribution in [1.82, 2.24) is 4.90 Å². The summed E-state index contributed by atoms with van der Waals surface area (Å²) in [6.45, 7) is 5.88. The van der Waals surface area contributed by atoms with Crippen molar-refractivity contribution in [1.29, 1.82) is 0 Å². The summed E-state index contributed by atoms with van der Waals surface area (Å²) in [4.78, 5) is 39.7. The third kappa shape index (κ3) is 6.25. The van der Waals surface area contributed by atoms with E-state index < -0.39 is 0 Å². The lowest BCUT2D eigenvalue weighted by atomic mass is 10.1. The van der Waals surface area contributed by atoms with Crippen LogP contribution >= 0.6 is 27.7 Å². The predicted molar refractivity (Wildman–Crippen MR) is 147 cm³/mol. The highest BCUT2D eigenvalue weighted by atomic mass is 79.9. The number of anilines is 1. The average Bonchev–Trinajstić information content (AvgIpc) is 3.09. The SMILES string of the molecule is Cc1ccc(CN2C(=O)S/C(=C\c3cc(Br)ccc3OCC(=O)Nc3cc(C)ccc3C)C2=O)cc1. The van der Waals surface area contributed by atoms with E-state index in [1.54, 1.807) is 24.3 Å². The topological polar surface area (TPSA) is 75.7 Å². The molecule has 1 aliphatic heterocycles. The summed E-state index contributed by atoms with van der Waals surface area (Å²) in [6, 6.07) is 18.9. The molecule has 3 aromatic rings. The number of hydrogen-bond acceptors (Lipinski definition) is 5. The molecule has 1 aliphatic rings. The van der Waals surface area contributed by atoms with Crippen LogP contribution in [-0.2, 0) is 16.1 Å². The van der Waals surface area contributed by atoms with E-state index in [1.807, 2.05) is 63.2 Å².